The van der Waals surface area contributed by atoms with Crippen molar-refractivity contribution in [3.8, 4) is 0 Å². The molecule has 0 aromatic rings. The molecule has 0 N–H and O–H groups in total. The normalized spacial score (nSPS) is 28.8. The Hall–Kier alpha value is -1.32. The molecule has 0 aliphatic heterocycles. The van der Waals surface area contributed by atoms with E-state index in [9.17, 15) is 9.59 Å². The zero-order chi connectivity index (χ0) is 15.9. The Morgan fingerprint density at radius 2 is 1.36 bits per heavy atom. The zero-order valence-corrected chi connectivity index (χ0v) is 13.8. The van der Waals surface area contributed by atoms with Crippen molar-refractivity contribution in [1.29, 1.82) is 0 Å². The number of hydrogen-bond donors (Lipinski definition) is 0. The van der Waals surface area contributed by atoms with Gasteiger partial charge in [0.2, 0.25) is 0 Å². The molecule has 4 atom stereocenters. The van der Waals surface area contributed by atoms with Crippen molar-refractivity contribution in [1.82, 2.24) is 0 Å². The highest BCUT2D eigenvalue weighted by Gasteiger charge is 2.53. The summed E-state index contributed by atoms with van der Waals surface area (Å²) in [4.78, 5) is 24.7. The van der Waals surface area contributed by atoms with E-state index in [1.165, 1.54) is 0 Å². The van der Waals surface area contributed by atoms with Crippen molar-refractivity contribution in [3.63, 3.8) is 0 Å². The minimum absolute atomic E-state index is 0.146. The molecule has 2 bridgehead atoms. The van der Waals surface area contributed by atoms with E-state index in [1.807, 2.05) is 0 Å². The third-order valence-corrected chi connectivity index (χ3v) is 4.74. The highest BCUT2D eigenvalue weighted by molar-refractivity contribution is 5.84. The largest absolute Gasteiger partial charge is 0.465 e. The highest BCUT2D eigenvalue weighted by Crippen LogP contribution is 2.49. The molecule has 4 heteroatoms. The maximum atomic E-state index is 12.4. The highest BCUT2D eigenvalue weighted by atomic mass is 16.5. The van der Waals surface area contributed by atoms with Crippen molar-refractivity contribution in [2.75, 3.05) is 13.2 Å². The number of unbranched alkanes of at least 4 members (excludes halogenated alkanes) is 3. The molecule has 2 rings (SSSR count). The van der Waals surface area contributed by atoms with Crippen LogP contribution in [-0.4, -0.2) is 25.2 Å². The average molecular weight is 308 g/mol. The Balaban J connectivity index is 1.91. The molecular formula is C18H28O4. The summed E-state index contributed by atoms with van der Waals surface area (Å²) < 4.78 is 10.8. The molecule has 22 heavy (non-hydrogen) atoms. The lowest BCUT2D eigenvalue weighted by atomic mass is 9.83. The fourth-order valence-electron chi connectivity index (χ4n) is 3.50. The number of carbonyl (C=O) groups is 2. The van der Waals surface area contributed by atoms with Crippen LogP contribution in [0.5, 0.6) is 0 Å². The van der Waals surface area contributed by atoms with E-state index in [0.717, 1.165) is 38.5 Å². The van der Waals surface area contributed by atoms with Crippen molar-refractivity contribution in [2.24, 2.45) is 23.7 Å². The van der Waals surface area contributed by atoms with Gasteiger partial charge >= 0.3 is 11.9 Å². The van der Waals surface area contributed by atoms with E-state index in [4.69, 9.17) is 9.47 Å². The Bertz CT molecular complexity index is 415. The van der Waals surface area contributed by atoms with E-state index < -0.39 is 0 Å². The molecule has 1 fully saturated rings. The quantitative estimate of drug-likeness (QED) is 0.371. The van der Waals surface area contributed by atoms with Crippen LogP contribution in [0.4, 0.5) is 0 Å². The Morgan fingerprint density at radius 3 is 1.86 bits per heavy atom. The van der Waals surface area contributed by atoms with Gasteiger partial charge in [0.05, 0.1) is 25.0 Å². The first kappa shape index (κ1) is 17.0. The summed E-state index contributed by atoms with van der Waals surface area (Å²) in [5, 5.41) is 0. The predicted octanol–water partition coefficient (Wildman–Crippen LogP) is 3.50. The third-order valence-electron chi connectivity index (χ3n) is 4.74. The van der Waals surface area contributed by atoms with Crippen molar-refractivity contribution < 1.29 is 19.1 Å². The van der Waals surface area contributed by atoms with Gasteiger partial charge in [-0.25, -0.2) is 0 Å². The van der Waals surface area contributed by atoms with Gasteiger partial charge in [-0.1, -0.05) is 45.3 Å². The standard InChI is InChI=1S/C18H28O4/c1-3-5-7-11-22-18(20)16-14-9-8-13(12-14)15(16)17(19)21-10-6-4-2/h8-9,13-16H,3-7,10-12H2,1-2H3/t13-,14+,15?,16+/m0/s1. The molecule has 124 valence electrons. The molecule has 0 radical (unpaired) electrons. The number of ether oxygens (including phenoxy) is 2. The van der Waals surface area contributed by atoms with E-state index in [1.54, 1.807) is 0 Å². The molecule has 0 spiro atoms. The Morgan fingerprint density at radius 1 is 0.864 bits per heavy atom. The van der Waals surface area contributed by atoms with E-state index >= 15 is 0 Å². The maximum absolute atomic E-state index is 12.4. The first-order valence-corrected chi connectivity index (χ1v) is 8.70. The minimum atomic E-state index is -0.342. The van der Waals surface area contributed by atoms with Crippen LogP contribution >= 0.6 is 0 Å². The second-order valence-electron chi connectivity index (χ2n) is 6.40. The van der Waals surface area contributed by atoms with Gasteiger partial charge in [0, 0.05) is 0 Å². The molecule has 0 aromatic carbocycles. The predicted molar refractivity (Wildman–Crippen MR) is 84.1 cm³/mol. The summed E-state index contributed by atoms with van der Waals surface area (Å²) in [6, 6.07) is 0. The van der Waals surface area contributed by atoms with Crippen LogP contribution in [0.25, 0.3) is 0 Å². The van der Waals surface area contributed by atoms with Gasteiger partial charge in [0.1, 0.15) is 0 Å². The van der Waals surface area contributed by atoms with E-state index in [-0.39, 0.29) is 35.6 Å². The van der Waals surface area contributed by atoms with Crippen molar-refractivity contribution in [2.45, 2.75) is 52.4 Å². The van der Waals surface area contributed by atoms with Gasteiger partial charge in [-0.2, -0.15) is 0 Å². The van der Waals surface area contributed by atoms with Crippen LogP contribution in [0.1, 0.15) is 52.4 Å². The van der Waals surface area contributed by atoms with Gasteiger partial charge in [0.25, 0.3) is 0 Å². The van der Waals surface area contributed by atoms with Crippen LogP contribution in [0.2, 0.25) is 0 Å². The molecule has 0 aromatic heterocycles. The number of fused-ring (bicyclic) bond motifs is 2. The summed E-state index contributed by atoms with van der Waals surface area (Å²) in [6.07, 6.45) is 9.93. The third kappa shape index (κ3) is 3.90. The first-order chi connectivity index (χ1) is 10.7. The van der Waals surface area contributed by atoms with Crippen LogP contribution in [-0.2, 0) is 19.1 Å². The monoisotopic (exact) mass is 308 g/mol. The van der Waals surface area contributed by atoms with Gasteiger partial charge in [-0.15, -0.1) is 0 Å². The minimum Gasteiger partial charge on any atom is -0.465 e. The van der Waals surface area contributed by atoms with Gasteiger partial charge in [-0.3, -0.25) is 9.59 Å². The SMILES string of the molecule is CCCCCOC(=O)[C@H]1C(C(=O)OCCCC)[C@H]2C=C[C@@H]1C2. The van der Waals surface area contributed by atoms with Crippen LogP contribution in [0, 0.1) is 23.7 Å². The Kier molecular flexibility index (Phi) is 6.47. The number of rotatable bonds is 9. The van der Waals surface area contributed by atoms with Crippen LogP contribution in [0.15, 0.2) is 12.2 Å². The van der Waals surface area contributed by atoms with Gasteiger partial charge in [-0.05, 0) is 31.1 Å². The summed E-state index contributed by atoms with van der Waals surface area (Å²) in [5.74, 6) is -0.831. The van der Waals surface area contributed by atoms with Crippen molar-refractivity contribution in [3.05, 3.63) is 12.2 Å². The second kappa shape index (κ2) is 8.35. The molecule has 1 saturated carbocycles. The molecule has 1 unspecified atom stereocenters. The lowest BCUT2D eigenvalue weighted by Gasteiger charge is -2.25. The zero-order valence-electron chi connectivity index (χ0n) is 13.8. The number of carbonyl (C=O) groups excluding carboxylic acids is 2. The van der Waals surface area contributed by atoms with Gasteiger partial charge in [0.15, 0.2) is 0 Å². The van der Waals surface area contributed by atoms with E-state index in [0.29, 0.717) is 13.2 Å². The number of allylic oxidation sites excluding steroid dienone is 2. The van der Waals surface area contributed by atoms with Crippen molar-refractivity contribution >= 4 is 11.9 Å². The summed E-state index contributed by atoms with van der Waals surface area (Å²) in [6.45, 7) is 5.09. The Labute approximate surface area is 133 Å². The molecule has 4 nitrogen and oxygen atoms in total. The topological polar surface area (TPSA) is 52.6 Å². The molecular weight excluding hydrogens is 280 g/mol. The second-order valence-corrected chi connectivity index (χ2v) is 6.40. The summed E-state index contributed by atoms with van der Waals surface area (Å²) >= 11 is 0. The fourth-order valence-corrected chi connectivity index (χ4v) is 3.50. The number of esters is 2. The average Bonchev–Trinajstić information content (AvgIpc) is 3.12. The van der Waals surface area contributed by atoms with Crippen LogP contribution < -0.4 is 0 Å². The van der Waals surface area contributed by atoms with Gasteiger partial charge < -0.3 is 9.47 Å². The molecule has 0 saturated heterocycles. The smallest absolute Gasteiger partial charge is 0.310 e. The molecule has 0 heterocycles. The summed E-state index contributed by atoms with van der Waals surface area (Å²) in [7, 11) is 0. The molecule has 2 aliphatic rings. The summed E-state index contributed by atoms with van der Waals surface area (Å²) in [5.41, 5.74) is 0. The lowest BCUT2D eigenvalue weighted by Crippen LogP contribution is -2.35. The van der Waals surface area contributed by atoms with Crippen LogP contribution in [0.3, 0.4) is 0 Å². The molecule has 2 aliphatic carbocycles. The molecule has 0 amide bonds. The van der Waals surface area contributed by atoms with E-state index in [2.05, 4.69) is 26.0 Å². The fraction of sp³-hybridized carbons (Fsp3) is 0.778. The first-order valence-electron chi connectivity index (χ1n) is 8.70. The maximum Gasteiger partial charge on any atom is 0.310 e. The lowest BCUT2D eigenvalue weighted by molar-refractivity contribution is -0.161. The number of hydrogen-bond acceptors (Lipinski definition) is 4.